The van der Waals surface area contributed by atoms with Gasteiger partial charge in [0, 0.05) is 32.8 Å². The molecule has 0 amide bonds. The summed E-state index contributed by atoms with van der Waals surface area (Å²) in [5.41, 5.74) is 0.863. The molecule has 0 aromatic carbocycles. The van der Waals surface area contributed by atoms with Gasteiger partial charge in [0.05, 0.1) is 11.3 Å². The van der Waals surface area contributed by atoms with Crippen molar-refractivity contribution in [3.8, 4) is 0 Å². The van der Waals surface area contributed by atoms with E-state index < -0.39 is 0 Å². The van der Waals surface area contributed by atoms with Gasteiger partial charge in [0.2, 0.25) is 0 Å². The number of likely N-dealkylation sites (N-methyl/N-ethyl adjacent to an activating group) is 1. The Morgan fingerprint density at radius 3 is 2.47 bits per heavy atom. The predicted octanol–water partition coefficient (Wildman–Crippen LogP) is 1.15. The Hall–Kier alpha value is -0.940. The number of rotatable bonds is 7. The topological polar surface area (TPSA) is 52.0 Å². The lowest BCUT2D eigenvalue weighted by molar-refractivity contribution is -0.0456. The molecule has 1 heterocycles. The van der Waals surface area contributed by atoms with Crippen molar-refractivity contribution in [2.45, 2.75) is 44.8 Å². The highest BCUT2D eigenvalue weighted by atomic mass is 16.5. The van der Waals surface area contributed by atoms with Gasteiger partial charge in [-0.2, -0.15) is 0 Å². The molecule has 0 spiro atoms. The molecule has 1 unspecified atom stereocenters. The van der Waals surface area contributed by atoms with Gasteiger partial charge in [0.15, 0.2) is 0 Å². The zero-order valence-corrected chi connectivity index (χ0v) is 11.5. The second kappa shape index (κ2) is 6.12. The Labute approximate surface area is 104 Å². The highest BCUT2D eigenvalue weighted by molar-refractivity contribution is 5.02. The van der Waals surface area contributed by atoms with Crippen LogP contribution in [0.2, 0.25) is 0 Å². The molecule has 5 nitrogen and oxygen atoms in total. The Bertz CT molecular complexity index is 325. The molecule has 0 aliphatic rings. The molecule has 1 rings (SSSR count). The van der Waals surface area contributed by atoms with E-state index in [9.17, 15) is 0 Å². The second-order valence-corrected chi connectivity index (χ2v) is 4.40. The van der Waals surface area contributed by atoms with E-state index in [4.69, 9.17) is 4.74 Å². The van der Waals surface area contributed by atoms with Crippen molar-refractivity contribution < 1.29 is 4.74 Å². The van der Waals surface area contributed by atoms with Gasteiger partial charge in [-0.1, -0.05) is 19.1 Å². The highest BCUT2D eigenvalue weighted by Crippen LogP contribution is 2.26. The van der Waals surface area contributed by atoms with E-state index in [1.807, 2.05) is 20.3 Å². The van der Waals surface area contributed by atoms with Crippen LogP contribution >= 0.6 is 0 Å². The van der Waals surface area contributed by atoms with E-state index in [2.05, 4.69) is 29.5 Å². The van der Waals surface area contributed by atoms with Crippen molar-refractivity contribution >= 4 is 0 Å². The maximum atomic E-state index is 5.75. The van der Waals surface area contributed by atoms with E-state index in [-0.39, 0.29) is 11.6 Å². The van der Waals surface area contributed by atoms with Crippen molar-refractivity contribution in [2.75, 3.05) is 14.2 Å². The smallest absolute Gasteiger partial charge is 0.0843 e. The molecule has 1 atom stereocenters. The number of nitrogens with one attached hydrogen (secondary N) is 1. The summed E-state index contributed by atoms with van der Waals surface area (Å²) >= 11 is 0. The molecule has 0 radical (unpaired) electrons. The van der Waals surface area contributed by atoms with Crippen LogP contribution in [0.5, 0.6) is 0 Å². The third-order valence-electron chi connectivity index (χ3n) is 3.65. The number of aryl methyl sites for hydroxylation is 1. The fourth-order valence-corrected chi connectivity index (χ4v) is 2.42. The van der Waals surface area contributed by atoms with Gasteiger partial charge in [0.25, 0.3) is 0 Å². The van der Waals surface area contributed by atoms with Gasteiger partial charge in [0.1, 0.15) is 0 Å². The Kier molecular flexibility index (Phi) is 5.08. The Morgan fingerprint density at radius 2 is 2.12 bits per heavy atom. The standard InChI is InChI=1S/C12H24N4O/c1-6-12(7-2,17-5)11(13-3)8-10-9-16(4)15-14-10/h9,11,13H,6-8H2,1-5H3. The maximum absolute atomic E-state index is 5.75. The molecule has 0 bridgehead atoms. The predicted molar refractivity (Wildman–Crippen MR) is 67.9 cm³/mol. The lowest BCUT2D eigenvalue weighted by atomic mass is 9.85. The van der Waals surface area contributed by atoms with Crippen molar-refractivity contribution in [2.24, 2.45) is 7.05 Å². The van der Waals surface area contributed by atoms with Crippen LogP contribution in [0.3, 0.4) is 0 Å². The number of nitrogens with zero attached hydrogens (tertiary/aromatic N) is 3. The SMILES string of the molecule is CCC(CC)(OC)C(Cc1cn(C)nn1)NC. The summed E-state index contributed by atoms with van der Waals surface area (Å²) in [5.74, 6) is 0. The maximum Gasteiger partial charge on any atom is 0.0843 e. The van der Waals surface area contributed by atoms with E-state index in [0.29, 0.717) is 0 Å². The molecule has 0 saturated heterocycles. The third-order valence-corrected chi connectivity index (χ3v) is 3.65. The first-order chi connectivity index (χ1) is 8.11. The first-order valence-corrected chi connectivity index (χ1v) is 6.19. The zero-order valence-electron chi connectivity index (χ0n) is 11.5. The molecular formula is C12H24N4O. The van der Waals surface area contributed by atoms with Gasteiger partial charge in [-0.3, -0.25) is 4.68 Å². The minimum Gasteiger partial charge on any atom is -0.377 e. The van der Waals surface area contributed by atoms with Gasteiger partial charge in [-0.15, -0.1) is 5.10 Å². The van der Waals surface area contributed by atoms with Gasteiger partial charge in [-0.05, 0) is 19.9 Å². The molecule has 1 aromatic heterocycles. The van der Waals surface area contributed by atoms with Crippen molar-refractivity contribution in [3.05, 3.63) is 11.9 Å². The zero-order chi connectivity index (χ0) is 12.9. The average molecular weight is 240 g/mol. The van der Waals surface area contributed by atoms with Crippen molar-refractivity contribution in [1.29, 1.82) is 0 Å². The third kappa shape index (κ3) is 3.04. The van der Waals surface area contributed by atoms with E-state index in [1.165, 1.54) is 0 Å². The number of ether oxygens (including phenoxy) is 1. The first-order valence-electron chi connectivity index (χ1n) is 6.19. The van der Waals surface area contributed by atoms with Crippen LogP contribution in [-0.4, -0.2) is 40.8 Å². The van der Waals surface area contributed by atoms with Crippen LogP contribution in [-0.2, 0) is 18.2 Å². The highest BCUT2D eigenvalue weighted by Gasteiger charge is 2.35. The molecule has 5 heteroatoms. The molecule has 0 aliphatic carbocycles. The number of hydrogen-bond donors (Lipinski definition) is 1. The van der Waals surface area contributed by atoms with Crippen LogP contribution < -0.4 is 5.32 Å². The van der Waals surface area contributed by atoms with Gasteiger partial charge in [-0.25, -0.2) is 0 Å². The molecule has 17 heavy (non-hydrogen) atoms. The fraction of sp³-hybridized carbons (Fsp3) is 0.833. The number of methoxy groups -OCH3 is 1. The van der Waals surface area contributed by atoms with Crippen LogP contribution in [0.15, 0.2) is 6.20 Å². The Balaban J connectivity index is 2.82. The fourth-order valence-electron chi connectivity index (χ4n) is 2.42. The van der Waals surface area contributed by atoms with Crippen molar-refractivity contribution in [3.63, 3.8) is 0 Å². The minimum absolute atomic E-state index is 0.133. The van der Waals surface area contributed by atoms with Crippen LogP contribution in [0.4, 0.5) is 0 Å². The number of aromatic nitrogens is 3. The summed E-state index contributed by atoms with van der Waals surface area (Å²) in [4.78, 5) is 0. The van der Waals surface area contributed by atoms with Crippen LogP contribution in [0.1, 0.15) is 32.4 Å². The summed E-state index contributed by atoms with van der Waals surface area (Å²) in [6.07, 6.45) is 4.74. The van der Waals surface area contributed by atoms with E-state index >= 15 is 0 Å². The lowest BCUT2D eigenvalue weighted by Crippen LogP contribution is -2.51. The van der Waals surface area contributed by atoms with Crippen LogP contribution in [0.25, 0.3) is 0 Å². The summed E-state index contributed by atoms with van der Waals surface area (Å²) in [6, 6.07) is 0.249. The molecule has 0 saturated carbocycles. The summed E-state index contributed by atoms with van der Waals surface area (Å²) in [7, 11) is 5.64. The quantitative estimate of drug-likeness (QED) is 0.777. The van der Waals surface area contributed by atoms with Gasteiger partial charge >= 0.3 is 0 Å². The van der Waals surface area contributed by atoms with Crippen LogP contribution in [0, 0.1) is 0 Å². The molecule has 1 aromatic rings. The summed E-state index contributed by atoms with van der Waals surface area (Å²) in [5, 5.41) is 11.5. The molecule has 1 N–H and O–H groups in total. The first kappa shape index (κ1) is 14.1. The summed E-state index contributed by atoms with van der Waals surface area (Å²) < 4.78 is 7.48. The van der Waals surface area contributed by atoms with Crippen molar-refractivity contribution in [1.82, 2.24) is 20.3 Å². The Morgan fingerprint density at radius 1 is 1.47 bits per heavy atom. The molecule has 98 valence electrons. The lowest BCUT2D eigenvalue weighted by Gasteiger charge is -2.38. The molecule has 0 aliphatic heterocycles. The van der Waals surface area contributed by atoms with E-state index in [0.717, 1.165) is 25.0 Å². The number of hydrogen-bond acceptors (Lipinski definition) is 4. The molecule has 0 fully saturated rings. The normalized spacial score (nSPS) is 13.9. The second-order valence-electron chi connectivity index (χ2n) is 4.40. The monoisotopic (exact) mass is 240 g/mol. The van der Waals surface area contributed by atoms with E-state index in [1.54, 1.807) is 11.8 Å². The van der Waals surface area contributed by atoms with Gasteiger partial charge < -0.3 is 10.1 Å². The minimum atomic E-state index is -0.133. The molecular weight excluding hydrogens is 216 g/mol. The summed E-state index contributed by atoms with van der Waals surface area (Å²) in [6.45, 7) is 4.32. The average Bonchev–Trinajstić information content (AvgIpc) is 2.76. The largest absolute Gasteiger partial charge is 0.377 e.